The van der Waals surface area contributed by atoms with E-state index in [-0.39, 0.29) is 18.0 Å². The summed E-state index contributed by atoms with van der Waals surface area (Å²) < 4.78 is 0. The molecular formula is C14H19N3O2. The maximum absolute atomic E-state index is 12.2. The number of anilines is 2. The zero-order chi connectivity index (χ0) is 13.8. The fourth-order valence-corrected chi connectivity index (χ4v) is 2.42. The molecule has 0 aliphatic heterocycles. The van der Waals surface area contributed by atoms with Gasteiger partial charge in [-0.05, 0) is 31.0 Å². The fraction of sp³-hybridized carbons (Fsp3) is 0.429. The van der Waals surface area contributed by atoms with Crippen LogP contribution < -0.4 is 16.0 Å². The molecule has 0 atom stereocenters. The number of nitrogens with zero attached hydrogens (tertiary/aromatic N) is 1. The number of benzene rings is 1. The number of hydrogen-bond donors (Lipinski definition) is 2. The van der Waals surface area contributed by atoms with E-state index in [0.29, 0.717) is 11.4 Å². The molecule has 0 saturated heterocycles. The maximum atomic E-state index is 12.2. The van der Waals surface area contributed by atoms with Crippen molar-refractivity contribution < 1.29 is 9.59 Å². The summed E-state index contributed by atoms with van der Waals surface area (Å²) in [6, 6.07) is 6.57. The summed E-state index contributed by atoms with van der Waals surface area (Å²) in [6.07, 6.45) is 4.22. The number of nitrogens with one attached hydrogen (secondary N) is 1. The van der Waals surface area contributed by atoms with Gasteiger partial charge in [-0.1, -0.05) is 18.9 Å². The summed E-state index contributed by atoms with van der Waals surface area (Å²) in [5.74, 6) is -0.318. The van der Waals surface area contributed by atoms with Crippen molar-refractivity contribution in [3.63, 3.8) is 0 Å². The number of hydrogen-bond acceptors (Lipinski definition) is 3. The van der Waals surface area contributed by atoms with Crippen LogP contribution in [-0.4, -0.2) is 18.0 Å². The summed E-state index contributed by atoms with van der Waals surface area (Å²) in [4.78, 5) is 25.0. The first-order valence-electron chi connectivity index (χ1n) is 6.54. The fourth-order valence-electron chi connectivity index (χ4n) is 2.42. The van der Waals surface area contributed by atoms with Crippen LogP contribution in [0, 0.1) is 0 Å². The Hall–Kier alpha value is -2.04. The van der Waals surface area contributed by atoms with Crippen LogP contribution in [-0.2, 0) is 4.79 Å². The molecular weight excluding hydrogens is 242 g/mol. The van der Waals surface area contributed by atoms with Crippen LogP contribution in [0.3, 0.4) is 0 Å². The molecule has 0 bridgehead atoms. The van der Waals surface area contributed by atoms with Gasteiger partial charge in [0, 0.05) is 18.7 Å². The highest BCUT2D eigenvalue weighted by Gasteiger charge is 2.24. The minimum atomic E-state index is -0.370. The zero-order valence-corrected chi connectivity index (χ0v) is 11.1. The van der Waals surface area contributed by atoms with Gasteiger partial charge in [0.1, 0.15) is 0 Å². The number of carbonyl (C=O) groups is 2. The van der Waals surface area contributed by atoms with E-state index in [4.69, 9.17) is 5.73 Å². The number of nitrogens with two attached hydrogens (primary N) is 1. The Labute approximate surface area is 112 Å². The van der Waals surface area contributed by atoms with Gasteiger partial charge in [-0.3, -0.25) is 4.79 Å². The normalized spacial score (nSPS) is 15.2. The van der Waals surface area contributed by atoms with Crippen LogP contribution in [0.25, 0.3) is 0 Å². The number of nitrogen functional groups attached to an aromatic ring is 1. The Balaban J connectivity index is 2.15. The zero-order valence-electron chi connectivity index (χ0n) is 11.1. The van der Waals surface area contributed by atoms with Crippen molar-refractivity contribution in [2.75, 3.05) is 10.6 Å². The minimum Gasteiger partial charge on any atom is -0.399 e. The monoisotopic (exact) mass is 261 g/mol. The van der Waals surface area contributed by atoms with Gasteiger partial charge >= 0.3 is 6.03 Å². The molecule has 0 heterocycles. The summed E-state index contributed by atoms with van der Waals surface area (Å²) in [5.41, 5.74) is 6.72. The first kappa shape index (κ1) is 13.4. The van der Waals surface area contributed by atoms with E-state index >= 15 is 0 Å². The molecule has 102 valence electrons. The second kappa shape index (κ2) is 5.73. The predicted molar refractivity (Wildman–Crippen MR) is 74.8 cm³/mol. The highest BCUT2D eigenvalue weighted by Crippen LogP contribution is 2.21. The first-order chi connectivity index (χ1) is 9.08. The van der Waals surface area contributed by atoms with Crippen molar-refractivity contribution in [1.29, 1.82) is 0 Å². The average Bonchev–Trinajstić information content (AvgIpc) is 2.81. The second-order valence-electron chi connectivity index (χ2n) is 4.88. The molecule has 0 unspecified atom stereocenters. The number of rotatable bonds is 2. The van der Waals surface area contributed by atoms with Crippen LogP contribution >= 0.6 is 0 Å². The molecule has 1 aliphatic carbocycles. The van der Waals surface area contributed by atoms with Gasteiger partial charge in [0.25, 0.3) is 0 Å². The summed E-state index contributed by atoms with van der Waals surface area (Å²) in [6.45, 7) is 1.37. The first-order valence-corrected chi connectivity index (χ1v) is 6.54. The molecule has 19 heavy (non-hydrogen) atoms. The Morgan fingerprint density at radius 3 is 2.58 bits per heavy atom. The molecule has 3 N–H and O–H groups in total. The van der Waals surface area contributed by atoms with Gasteiger partial charge in [0.15, 0.2) is 0 Å². The smallest absolute Gasteiger partial charge is 0.328 e. The molecule has 1 aliphatic rings. The lowest BCUT2D eigenvalue weighted by Gasteiger charge is -2.22. The number of urea groups is 1. The lowest BCUT2D eigenvalue weighted by molar-refractivity contribution is -0.115. The number of imide groups is 1. The van der Waals surface area contributed by atoms with Crippen molar-refractivity contribution in [2.45, 2.75) is 38.6 Å². The lowest BCUT2D eigenvalue weighted by Crippen LogP contribution is -2.46. The summed E-state index contributed by atoms with van der Waals surface area (Å²) >= 11 is 0. The topological polar surface area (TPSA) is 75.4 Å². The molecule has 0 radical (unpaired) electrons. The van der Waals surface area contributed by atoms with Gasteiger partial charge in [-0.15, -0.1) is 0 Å². The van der Waals surface area contributed by atoms with E-state index < -0.39 is 0 Å². The van der Waals surface area contributed by atoms with Crippen LogP contribution in [0.5, 0.6) is 0 Å². The number of amides is 3. The molecule has 2 rings (SSSR count). The van der Waals surface area contributed by atoms with E-state index in [1.165, 1.54) is 6.92 Å². The SMILES string of the molecule is CC(=O)N(C(=O)NC1CCCC1)c1cccc(N)c1. The number of carbonyl (C=O) groups excluding carboxylic acids is 2. The molecule has 3 amide bonds. The van der Waals surface area contributed by atoms with Crippen molar-refractivity contribution >= 4 is 23.3 Å². The Bertz CT molecular complexity index is 481. The third kappa shape index (κ3) is 3.24. The summed E-state index contributed by atoms with van der Waals surface area (Å²) in [5, 5.41) is 2.90. The van der Waals surface area contributed by atoms with Gasteiger partial charge in [0.2, 0.25) is 5.91 Å². The molecule has 1 fully saturated rings. The van der Waals surface area contributed by atoms with E-state index in [0.717, 1.165) is 30.6 Å². The van der Waals surface area contributed by atoms with Gasteiger partial charge in [-0.2, -0.15) is 0 Å². The van der Waals surface area contributed by atoms with Crippen molar-refractivity contribution in [1.82, 2.24) is 5.32 Å². The van der Waals surface area contributed by atoms with Crippen LogP contribution in [0.4, 0.5) is 16.2 Å². The van der Waals surface area contributed by atoms with Crippen molar-refractivity contribution in [3.8, 4) is 0 Å². The minimum absolute atomic E-state index is 0.176. The Morgan fingerprint density at radius 2 is 2.00 bits per heavy atom. The quantitative estimate of drug-likeness (QED) is 0.802. The third-order valence-corrected chi connectivity index (χ3v) is 3.33. The molecule has 5 heteroatoms. The van der Waals surface area contributed by atoms with Gasteiger partial charge in [-0.25, -0.2) is 9.69 Å². The molecule has 5 nitrogen and oxygen atoms in total. The van der Waals surface area contributed by atoms with E-state index in [1.54, 1.807) is 24.3 Å². The average molecular weight is 261 g/mol. The van der Waals surface area contributed by atoms with Crippen LogP contribution in [0.1, 0.15) is 32.6 Å². The predicted octanol–water partition coefficient (Wildman–Crippen LogP) is 2.27. The van der Waals surface area contributed by atoms with E-state index in [9.17, 15) is 9.59 Å². The highest BCUT2D eigenvalue weighted by molar-refractivity contribution is 6.13. The maximum Gasteiger partial charge on any atom is 0.328 e. The third-order valence-electron chi connectivity index (χ3n) is 3.33. The molecule has 1 aromatic rings. The standard InChI is InChI=1S/C14H19N3O2/c1-10(18)17(13-8-4-5-11(15)9-13)14(19)16-12-6-2-3-7-12/h4-5,8-9,12H,2-3,6-7,15H2,1H3,(H,16,19). The Morgan fingerprint density at radius 1 is 1.32 bits per heavy atom. The van der Waals surface area contributed by atoms with Gasteiger partial charge in [0.05, 0.1) is 5.69 Å². The van der Waals surface area contributed by atoms with Crippen LogP contribution in [0.15, 0.2) is 24.3 Å². The summed E-state index contributed by atoms with van der Waals surface area (Å²) in [7, 11) is 0. The largest absolute Gasteiger partial charge is 0.399 e. The van der Waals surface area contributed by atoms with E-state index in [1.807, 2.05) is 0 Å². The van der Waals surface area contributed by atoms with Gasteiger partial charge < -0.3 is 11.1 Å². The molecule has 1 aromatic carbocycles. The molecule has 0 spiro atoms. The molecule has 0 aromatic heterocycles. The second-order valence-corrected chi connectivity index (χ2v) is 4.88. The highest BCUT2D eigenvalue weighted by atomic mass is 16.2. The van der Waals surface area contributed by atoms with E-state index in [2.05, 4.69) is 5.32 Å². The van der Waals surface area contributed by atoms with Crippen molar-refractivity contribution in [3.05, 3.63) is 24.3 Å². The van der Waals surface area contributed by atoms with Crippen molar-refractivity contribution in [2.24, 2.45) is 0 Å². The Kier molecular flexibility index (Phi) is 4.04. The lowest BCUT2D eigenvalue weighted by atomic mass is 10.2. The molecule has 1 saturated carbocycles. The van der Waals surface area contributed by atoms with Crippen LogP contribution in [0.2, 0.25) is 0 Å².